The van der Waals surface area contributed by atoms with Gasteiger partial charge in [-0.2, -0.15) is 13.2 Å². The zero-order chi connectivity index (χ0) is 49.9. The normalized spacial score (nSPS) is 18.9. The van der Waals surface area contributed by atoms with Gasteiger partial charge >= 0.3 is 18.2 Å². The summed E-state index contributed by atoms with van der Waals surface area (Å²) in [7, 11) is 1.57. The Hall–Kier alpha value is -6.27. The highest BCUT2D eigenvalue weighted by Crippen LogP contribution is 2.40. The highest BCUT2D eigenvalue weighted by Gasteiger charge is 2.34. The highest BCUT2D eigenvalue weighted by molar-refractivity contribution is 6.34. The van der Waals surface area contributed by atoms with Crippen molar-refractivity contribution in [2.24, 2.45) is 17.8 Å². The predicted molar refractivity (Wildman–Crippen MR) is 257 cm³/mol. The number of hydrogen-bond donors (Lipinski definition) is 3. The number of nitrogens with zero attached hydrogens (tertiary/aromatic N) is 5. The van der Waals surface area contributed by atoms with E-state index in [2.05, 4.69) is 26.7 Å². The van der Waals surface area contributed by atoms with E-state index in [4.69, 9.17) is 21.1 Å². The third-order valence-corrected chi connectivity index (χ3v) is 14.3. The fourth-order valence-corrected chi connectivity index (χ4v) is 10.1. The number of anilines is 2. The minimum atomic E-state index is -4.73. The summed E-state index contributed by atoms with van der Waals surface area (Å²) in [5.74, 6) is 0.256. The van der Waals surface area contributed by atoms with E-state index in [1.54, 1.807) is 45.2 Å². The smallest absolute Gasteiger partial charge is 0.416 e. The molecule has 372 valence electrons. The number of carboxylic acids is 1. The Bertz CT molecular complexity index is 2700. The zero-order valence-electron chi connectivity index (χ0n) is 39.4. The lowest BCUT2D eigenvalue weighted by Crippen LogP contribution is -2.49. The summed E-state index contributed by atoms with van der Waals surface area (Å²) in [6.45, 7) is 7.39. The maximum absolute atomic E-state index is 13.8. The first-order chi connectivity index (χ1) is 33.4. The Morgan fingerprint density at radius 2 is 1.64 bits per heavy atom. The first kappa shape index (κ1) is 50.1. The molecule has 3 aromatic carbocycles. The number of carbonyl (C=O) groups excluding carboxylic acids is 4. The lowest BCUT2D eigenvalue weighted by Gasteiger charge is -2.35. The number of hydrogen-bond acceptors (Lipinski definition) is 10. The van der Waals surface area contributed by atoms with Gasteiger partial charge in [-0.3, -0.25) is 24.6 Å². The van der Waals surface area contributed by atoms with Crippen LogP contribution in [0.4, 0.5) is 29.5 Å². The van der Waals surface area contributed by atoms with Gasteiger partial charge in [0.15, 0.2) is 0 Å². The number of aromatic carboxylic acids is 1. The molecule has 15 nitrogen and oxygen atoms in total. The van der Waals surface area contributed by atoms with Crippen LogP contribution in [0.2, 0.25) is 5.02 Å². The average molecular weight is 989 g/mol. The van der Waals surface area contributed by atoms with E-state index in [0.717, 1.165) is 49.3 Å². The van der Waals surface area contributed by atoms with Crippen molar-refractivity contribution in [1.82, 2.24) is 25.1 Å². The topological polar surface area (TPSA) is 184 Å². The number of aryl methyl sites for hydroxylation is 1. The molecule has 4 heterocycles. The van der Waals surface area contributed by atoms with Gasteiger partial charge in [0, 0.05) is 80.9 Å². The quantitative estimate of drug-likeness (QED) is 0.102. The van der Waals surface area contributed by atoms with E-state index < -0.39 is 35.3 Å². The maximum Gasteiger partial charge on any atom is 0.416 e. The van der Waals surface area contributed by atoms with E-state index in [9.17, 15) is 42.3 Å². The molecule has 8 rings (SSSR count). The number of carbonyl (C=O) groups is 5. The summed E-state index contributed by atoms with van der Waals surface area (Å²) in [4.78, 5) is 77.4. The third-order valence-electron chi connectivity index (χ3n) is 14.0. The number of imide groups is 1. The van der Waals surface area contributed by atoms with E-state index in [0.29, 0.717) is 121 Å². The second-order valence-corrected chi connectivity index (χ2v) is 19.1. The molecule has 1 aliphatic carbocycles. The van der Waals surface area contributed by atoms with Crippen LogP contribution in [0.15, 0.2) is 54.6 Å². The third kappa shape index (κ3) is 11.5. The van der Waals surface area contributed by atoms with Crippen LogP contribution >= 0.6 is 11.6 Å². The molecule has 3 N–H and O–H groups in total. The van der Waals surface area contributed by atoms with Crippen molar-refractivity contribution in [1.29, 1.82) is 0 Å². The molecule has 0 radical (unpaired) electrons. The van der Waals surface area contributed by atoms with Crippen molar-refractivity contribution in [2.45, 2.75) is 83.9 Å². The number of alkyl halides is 3. The number of fused-ring (bicyclic) bond motifs is 1. The number of nitrogens with one attached hydrogen (secondary N) is 2. The number of methoxy groups -OCH3 is 1. The van der Waals surface area contributed by atoms with Crippen molar-refractivity contribution < 1.29 is 51.7 Å². The zero-order valence-corrected chi connectivity index (χ0v) is 40.1. The number of benzene rings is 3. The molecule has 70 heavy (non-hydrogen) atoms. The Morgan fingerprint density at radius 1 is 0.914 bits per heavy atom. The summed E-state index contributed by atoms with van der Waals surface area (Å²) in [5.41, 5.74) is 1.80. The van der Waals surface area contributed by atoms with Gasteiger partial charge in [-0.05, 0) is 131 Å². The van der Waals surface area contributed by atoms with Crippen molar-refractivity contribution in [3.63, 3.8) is 0 Å². The molecule has 1 aromatic heterocycles. The van der Waals surface area contributed by atoms with Crippen LogP contribution in [-0.2, 0) is 20.5 Å². The van der Waals surface area contributed by atoms with E-state index >= 15 is 0 Å². The van der Waals surface area contributed by atoms with Crippen molar-refractivity contribution in [2.75, 3.05) is 63.3 Å². The number of allylic oxidation sites excluding steroid dienone is 2. The Morgan fingerprint density at radius 3 is 2.31 bits per heavy atom. The number of urea groups is 1. The summed E-state index contributed by atoms with van der Waals surface area (Å²) in [6.07, 6.45) is 3.73. The van der Waals surface area contributed by atoms with Crippen LogP contribution in [0.3, 0.4) is 0 Å². The molecular formula is C51H57ClF3N7O8. The molecule has 4 aliphatic rings. The van der Waals surface area contributed by atoms with Gasteiger partial charge < -0.3 is 29.7 Å². The van der Waals surface area contributed by atoms with Gasteiger partial charge in [-0.1, -0.05) is 17.7 Å². The number of aromatic nitrogens is 2. The number of likely N-dealkylation sites (tertiary alicyclic amines) is 2. The van der Waals surface area contributed by atoms with E-state index in [-0.39, 0.29) is 42.2 Å². The lowest BCUT2D eigenvalue weighted by molar-refractivity contribution is -0.138. The minimum Gasteiger partial charge on any atom is -0.496 e. The van der Waals surface area contributed by atoms with Crippen LogP contribution < -0.4 is 20.3 Å². The molecular weight excluding hydrogens is 931 g/mol. The highest BCUT2D eigenvalue weighted by atomic mass is 35.5. The summed E-state index contributed by atoms with van der Waals surface area (Å²) >= 11 is 6.39. The van der Waals surface area contributed by atoms with Crippen molar-refractivity contribution in [3.8, 4) is 5.75 Å². The van der Waals surface area contributed by atoms with E-state index in [1.165, 1.54) is 11.0 Å². The SMILES string of the molecule is COc1cc2nc(C)nc(NC(C)c3cc(C(=O)O)cc(C(F)(F)F)c3)c2cc1C1=CCC(C(=O)N2CCC(CCOCC3CCN(C(=O)c4ccc(Cl)c(N5CCC(=O)NC5=O)c4)CC3)CC2)CC1. The summed E-state index contributed by atoms with van der Waals surface area (Å²) in [5, 5.41) is 16.0. The van der Waals surface area contributed by atoms with Crippen LogP contribution in [0.5, 0.6) is 5.75 Å². The summed E-state index contributed by atoms with van der Waals surface area (Å²) < 4.78 is 53.2. The number of amides is 5. The molecule has 0 saturated carbocycles. The number of halogens is 4. The second kappa shape index (κ2) is 21.4. The van der Waals surface area contributed by atoms with Crippen LogP contribution in [0.1, 0.15) is 114 Å². The van der Waals surface area contributed by atoms with Gasteiger partial charge in [0.25, 0.3) is 5.91 Å². The first-order valence-electron chi connectivity index (χ1n) is 23.8. The fourth-order valence-electron chi connectivity index (χ4n) is 9.91. The molecule has 19 heteroatoms. The minimum absolute atomic E-state index is 0.130. The molecule has 0 bridgehead atoms. The average Bonchev–Trinajstić information content (AvgIpc) is 3.34. The number of rotatable bonds is 14. The van der Waals surface area contributed by atoms with Gasteiger partial charge in [-0.15, -0.1) is 0 Å². The molecule has 3 aliphatic heterocycles. The maximum atomic E-state index is 13.8. The Kier molecular flexibility index (Phi) is 15.3. The Balaban J connectivity index is 0.796. The fraction of sp³-hybridized carbons (Fsp3) is 0.471. The number of carboxylic acid groups (broad SMARTS) is 1. The molecule has 2 unspecified atom stereocenters. The van der Waals surface area contributed by atoms with E-state index in [1.807, 2.05) is 15.9 Å². The molecule has 2 atom stereocenters. The monoisotopic (exact) mass is 987 g/mol. The van der Waals surface area contributed by atoms with Crippen LogP contribution in [0, 0.1) is 24.7 Å². The van der Waals surface area contributed by atoms with Gasteiger partial charge in [0.2, 0.25) is 11.8 Å². The lowest BCUT2D eigenvalue weighted by atomic mass is 9.84. The predicted octanol–water partition coefficient (Wildman–Crippen LogP) is 9.32. The number of ether oxygens (including phenoxy) is 2. The Labute approximate surface area is 408 Å². The molecule has 5 amide bonds. The van der Waals surface area contributed by atoms with Gasteiger partial charge in [0.05, 0.1) is 40.5 Å². The van der Waals surface area contributed by atoms with Gasteiger partial charge in [0.1, 0.15) is 17.4 Å². The van der Waals surface area contributed by atoms with Gasteiger partial charge in [-0.25, -0.2) is 19.6 Å². The number of piperidine rings is 2. The van der Waals surface area contributed by atoms with Crippen molar-refractivity contribution in [3.05, 3.63) is 93.3 Å². The molecule has 4 aromatic rings. The first-order valence-corrected chi connectivity index (χ1v) is 24.2. The van der Waals surface area contributed by atoms with Crippen molar-refractivity contribution >= 4 is 69.3 Å². The molecule has 0 spiro atoms. The van der Waals surface area contributed by atoms with Crippen LogP contribution in [0.25, 0.3) is 16.5 Å². The summed E-state index contributed by atoms with van der Waals surface area (Å²) in [6, 6.07) is 10.0. The largest absolute Gasteiger partial charge is 0.496 e. The standard InChI is InChI=1S/C51H57ClF3N7O8/c1-29(36-22-37(49(66)67)24-38(23-36)51(53,54)55)56-46-40-26-39(44(69-3)27-42(40)57-30(2)58-46)33-4-6-34(7-5-33)47(64)60-16-10-31(11-17-60)15-21-70-28-32-12-18-61(19-13-32)48(65)35-8-9-41(52)43(25-35)62-20-14-45(63)59-50(62)68/h4,8-9,22-27,29,31-32,34H,5-7,10-21,28H2,1-3H3,(H,66,67)(H,56,57,58)(H,59,63,68). The van der Waals surface area contributed by atoms with Crippen LogP contribution in [-0.4, -0.2) is 108 Å². The molecule has 3 saturated heterocycles. The molecule has 3 fully saturated rings. The second-order valence-electron chi connectivity index (χ2n) is 18.7.